The summed E-state index contributed by atoms with van der Waals surface area (Å²) in [4.78, 5) is 14.5. The Morgan fingerprint density at radius 3 is 2.68 bits per heavy atom. The van der Waals surface area contributed by atoms with Crippen LogP contribution in [0.25, 0.3) is 0 Å². The molecule has 0 atom stereocenters. The zero-order valence-electron chi connectivity index (χ0n) is 15.5. The predicted molar refractivity (Wildman–Crippen MR) is 108 cm³/mol. The minimum Gasteiger partial charge on any atom is -0.483 e. The van der Waals surface area contributed by atoms with E-state index in [2.05, 4.69) is 15.9 Å². The summed E-state index contributed by atoms with van der Waals surface area (Å²) in [7, 11) is -0.570. The van der Waals surface area contributed by atoms with Gasteiger partial charge in [-0.15, -0.1) is 0 Å². The van der Waals surface area contributed by atoms with Crippen molar-refractivity contribution in [3.05, 3.63) is 52.3 Å². The number of benzene rings is 2. The normalized spacial score (nSPS) is 14.1. The van der Waals surface area contributed by atoms with E-state index in [4.69, 9.17) is 4.74 Å². The number of hydrogen-bond acceptors (Lipinski definition) is 4. The smallest absolute Gasteiger partial charge is 0.264 e. The van der Waals surface area contributed by atoms with Crippen molar-refractivity contribution in [3.8, 4) is 5.75 Å². The first-order valence-electron chi connectivity index (χ1n) is 8.64. The summed E-state index contributed by atoms with van der Waals surface area (Å²) in [5.74, 6) is -0.279. The molecule has 0 aromatic heterocycles. The van der Waals surface area contributed by atoms with Crippen LogP contribution in [-0.2, 0) is 21.2 Å². The standard InChI is InChI=1S/C19H20BrFN2O4S/c1-22(2)28(25,26)15-6-7-17-13(10-15)4-3-9-23(17)19(24)12-27-18-8-5-14(21)11-16(18)20/h5-8,10-11H,3-4,9,12H2,1-2H3. The number of fused-ring (bicyclic) bond motifs is 1. The molecule has 0 bridgehead atoms. The van der Waals surface area contributed by atoms with Gasteiger partial charge in [-0.3, -0.25) is 4.79 Å². The fourth-order valence-electron chi connectivity index (χ4n) is 3.01. The molecule has 0 saturated heterocycles. The summed E-state index contributed by atoms with van der Waals surface area (Å²) in [6.07, 6.45) is 1.42. The second-order valence-electron chi connectivity index (χ2n) is 6.59. The molecule has 2 aromatic rings. The lowest BCUT2D eigenvalue weighted by Gasteiger charge is -2.30. The van der Waals surface area contributed by atoms with Crippen molar-refractivity contribution in [2.45, 2.75) is 17.7 Å². The van der Waals surface area contributed by atoms with Crippen molar-refractivity contribution in [2.75, 3.05) is 32.1 Å². The molecular formula is C19H20BrFN2O4S. The Morgan fingerprint density at radius 2 is 2.00 bits per heavy atom. The van der Waals surface area contributed by atoms with Crippen molar-refractivity contribution in [1.82, 2.24) is 4.31 Å². The minimum atomic E-state index is -3.53. The molecule has 0 fully saturated rings. The predicted octanol–water partition coefficient (Wildman–Crippen LogP) is 3.20. The van der Waals surface area contributed by atoms with E-state index in [1.807, 2.05) is 0 Å². The molecular weight excluding hydrogens is 451 g/mol. The van der Waals surface area contributed by atoms with E-state index < -0.39 is 15.8 Å². The molecule has 28 heavy (non-hydrogen) atoms. The number of sulfonamides is 1. The SMILES string of the molecule is CN(C)S(=O)(=O)c1ccc2c(c1)CCCN2C(=O)COc1ccc(F)cc1Br. The van der Waals surface area contributed by atoms with Crippen molar-refractivity contribution >= 4 is 37.5 Å². The molecule has 0 N–H and O–H groups in total. The van der Waals surface area contributed by atoms with Gasteiger partial charge in [-0.1, -0.05) is 0 Å². The highest BCUT2D eigenvalue weighted by atomic mass is 79.9. The number of nitrogens with zero attached hydrogens (tertiary/aromatic N) is 2. The van der Waals surface area contributed by atoms with Crippen LogP contribution in [0.4, 0.5) is 10.1 Å². The van der Waals surface area contributed by atoms with Gasteiger partial charge >= 0.3 is 0 Å². The van der Waals surface area contributed by atoms with Crippen molar-refractivity contribution < 1.29 is 22.3 Å². The summed E-state index contributed by atoms with van der Waals surface area (Å²) < 4.78 is 45.0. The second-order valence-corrected chi connectivity index (χ2v) is 9.60. The number of anilines is 1. The van der Waals surface area contributed by atoms with Crippen LogP contribution in [0.15, 0.2) is 45.8 Å². The Bertz CT molecular complexity index is 1010. The average molecular weight is 471 g/mol. The molecule has 1 aliphatic rings. The van der Waals surface area contributed by atoms with E-state index in [-0.39, 0.29) is 17.4 Å². The molecule has 0 aliphatic carbocycles. The number of aryl methyl sites for hydroxylation is 1. The number of rotatable bonds is 5. The van der Waals surface area contributed by atoms with Crippen molar-refractivity contribution in [3.63, 3.8) is 0 Å². The lowest BCUT2D eigenvalue weighted by atomic mass is 10.0. The number of ether oxygens (including phenoxy) is 1. The molecule has 0 radical (unpaired) electrons. The monoisotopic (exact) mass is 470 g/mol. The summed E-state index contributed by atoms with van der Waals surface area (Å²) in [6.45, 7) is 0.320. The third kappa shape index (κ3) is 4.21. The first-order chi connectivity index (χ1) is 13.2. The van der Waals surface area contributed by atoms with E-state index in [0.717, 1.165) is 16.3 Å². The van der Waals surface area contributed by atoms with Gasteiger partial charge < -0.3 is 9.64 Å². The Balaban J connectivity index is 1.79. The minimum absolute atomic E-state index is 0.206. The first-order valence-corrected chi connectivity index (χ1v) is 10.9. The van der Waals surface area contributed by atoms with Gasteiger partial charge in [0, 0.05) is 26.3 Å². The molecule has 1 amide bonds. The quantitative estimate of drug-likeness (QED) is 0.672. The lowest BCUT2D eigenvalue weighted by molar-refractivity contribution is -0.120. The molecule has 150 valence electrons. The second kappa shape index (κ2) is 8.18. The molecule has 3 rings (SSSR count). The topological polar surface area (TPSA) is 66.9 Å². The number of carbonyl (C=O) groups is 1. The Labute approximate surface area is 172 Å². The Kier molecular flexibility index (Phi) is 6.07. The highest BCUT2D eigenvalue weighted by Crippen LogP contribution is 2.31. The van der Waals surface area contributed by atoms with E-state index in [9.17, 15) is 17.6 Å². The van der Waals surface area contributed by atoms with E-state index in [1.165, 1.54) is 38.4 Å². The number of halogens is 2. The van der Waals surface area contributed by atoms with E-state index in [0.29, 0.717) is 28.9 Å². The number of hydrogen-bond donors (Lipinski definition) is 0. The van der Waals surface area contributed by atoms with Gasteiger partial charge in [0.1, 0.15) is 11.6 Å². The fraction of sp³-hybridized carbons (Fsp3) is 0.316. The van der Waals surface area contributed by atoms with Crippen molar-refractivity contribution in [1.29, 1.82) is 0 Å². The summed E-state index contributed by atoms with van der Waals surface area (Å²) >= 11 is 3.21. The third-order valence-corrected chi connectivity index (χ3v) is 6.93. The lowest BCUT2D eigenvalue weighted by Crippen LogP contribution is -2.38. The maximum atomic E-state index is 13.2. The van der Waals surface area contributed by atoms with Gasteiger partial charge in [0.05, 0.1) is 9.37 Å². The van der Waals surface area contributed by atoms with Crippen LogP contribution < -0.4 is 9.64 Å². The fourth-order valence-corrected chi connectivity index (χ4v) is 4.43. The number of carbonyl (C=O) groups excluding carboxylic acids is 1. The zero-order valence-corrected chi connectivity index (χ0v) is 17.9. The van der Waals surface area contributed by atoms with Gasteiger partial charge in [-0.2, -0.15) is 0 Å². The highest BCUT2D eigenvalue weighted by molar-refractivity contribution is 9.10. The molecule has 0 saturated carbocycles. The van der Waals surface area contributed by atoms with Crippen LogP contribution in [0.1, 0.15) is 12.0 Å². The summed E-state index contributed by atoms with van der Waals surface area (Å²) in [5, 5.41) is 0. The van der Waals surface area contributed by atoms with Gasteiger partial charge in [-0.25, -0.2) is 17.1 Å². The van der Waals surface area contributed by atoms with Gasteiger partial charge in [0.25, 0.3) is 5.91 Å². The number of amides is 1. The maximum absolute atomic E-state index is 13.2. The van der Waals surface area contributed by atoms with Crippen LogP contribution in [0.5, 0.6) is 5.75 Å². The van der Waals surface area contributed by atoms with E-state index in [1.54, 1.807) is 17.0 Å². The molecule has 2 aromatic carbocycles. The third-order valence-electron chi connectivity index (χ3n) is 4.49. The first kappa shape index (κ1) is 20.8. The van der Waals surface area contributed by atoms with Gasteiger partial charge in [-0.05, 0) is 70.7 Å². The highest BCUT2D eigenvalue weighted by Gasteiger charge is 2.26. The average Bonchev–Trinajstić information content (AvgIpc) is 2.66. The molecule has 0 spiro atoms. The molecule has 0 unspecified atom stereocenters. The molecule has 9 heteroatoms. The van der Waals surface area contributed by atoms with Crippen LogP contribution in [-0.4, -0.2) is 45.9 Å². The maximum Gasteiger partial charge on any atom is 0.264 e. The largest absolute Gasteiger partial charge is 0.483 e. The van der Waals surface area contributed by atoms with Crippen LogP contribution in [0.3, 0.4) is 0 Å². The van der Waals surface area contributed by atoms with Gasteiger partial charge in [0.15, 0.2) is 6.61 Å². The summed E-state index contributed by atoms with van der Waals surface area (Å²) in [5.41, 5.74) is 1.50. The molecule has 6 nitrogen and oxygen atoms in total. The zero-order chi connectivity index (χ0) is 20.5. The Hall–Kier alpha value is -1.97. The van der Waals surface area contributed by atoms with Crippen molar-refractivity contribution in [2.24, 2.45) is 0 Å². The molecule has 1 aliphatic heterocycles. The van der Waals surface area contributed by atoms with Crippen LogP contribution >= 0.6 is 15.9 Å². The Morgan fingerprint density at radius 1 is 1.25 bits per heavy atom. The van der Waals surface area contributed by atoms with Gasteiger partial charge in [0.2, 0.25) is 10.0 Å². The summed E-state index contributed by atoms with van der Waals surface area (Å²) in [6, 6.07) is 8.78. The van der Waals surface area contributed by atoms with E-state index >= 15 is 0 Å². The molecule has 1 heterocycles. The van der Waals surface area contributed by atoms with Crippen LogP contribution in [0, 0.1) is 5.82 Å². The van der Waals surface area contributed by atoms with Crippen LogP contribution in [0.2, 0.25) is 0 Å².